The Hall–Kier alpha value is -2.66. The molecule has 0 bridgehead atoms. The van der Waals surface area contributed by atoms with Crippen molar-refractivity contribution in [3.8, 4) is 0 Å². The Morgan fingerprint density at radius 2 is 1.62 bits per heavy atom. The zero-order valence-electron chi connectivity index (χ0n) is 20.0. The van der Waals surface area contributed by atoms with Crippen molar-refractivity contribution in [3.63, 3.8) is 0 Å². The molecule has 5 nitrogen and oxygen atoms in total. The van der Waals surface area contributed by atoms with E-state index in [4.69, 9.17) is 0 Å². The first kappa shape index (κ1) is 23.1. The number of hydrogen-bond donors (Lipinski definition) is 2. The summed E-state index contributed by atoms with van der Waals surface area (Å²) in [6.45, 7) is 2.75. The third kappa shape index (κ3) is 5.87. The molecule has 2 aliphatic carbocycles. The first-order valence-corrected chi connectivity index (χ1v) is 13.1. The average molecular weight is 460 g/mol. The molecule has 2 saturated carbocycles. The zero-order chi connectivity index (χ0) is 23.3. The maximum Gasteiger partial charge on any atom is 0.228 e. The van der Waals surface area contributed by atoms with Crippen LogP contribution in [-0.2, 0) is 16.1 Å². The van der Waals surface area contributed by atoms with E-state index in [1.165, 1.54) is 30.4 Å². The quantitative estimate of drug-likeness (QED) is 0.606. The Morgan fingerprint density at radius 3 is 2.38 bits per heavy atom. The highest BCUT2D eigenvalue weighted by Gasteiger charge is 2.43. The Morgan fingerprint density at radius 1 is 0.853 bits per heavy atom. The molecule has 0 radical (unpaired) electrons. The van der Waals surface area contributed by atoms with Crippen molar-refractivity contribution < 1.29 is 9.59 Å². The molecule has 5 heteroatoms. The van der Waals surface area contributed by atoms with Crippen LogP contribution < -0.4 is 10.6 Å². The van der Waals surface area contributed by atoms with Crippen LogP contribution in [0.5, 0.6) is 0 Å². The predicted molar refractivity (Wildman–Crippen MR) is 135 cm³/mol. The highest BCUT2D eigenvalue weighted by atomic mass is 16.2. The summed E-state index contributed by atoms with van der Waals surface area (Å²) in [7, 11) is 0. The summed E-state index contributed by atoms with van der Waals surface area (Å²) in [5.41, 5.74) is 3.34. The van der Waals surface area contributed by atoms with Crippen molar-refractivity contribution in [2.45, 2.75) is 69.9 Å². The molecular formula is C29H37N3O2. The second kappa shape index (κ2) is 10.7. The second-order valence-corrected chi connectivity index (χ2v) is 10.4. The summed E-state index contributed by atoms with van der Waals surface area (Å²) in [5.74, 6) is 0.965. The summed E-state index contributed by atoms with van der Waals surface area (Å²) in [6.07, 6.45) is 8.88. The first-order chi connectivity index (χ1) is 16.7. The van der Waals surface area contributed by atoms with Crippen LogP contribution in [-0.4, -0.2) is 35.8 Å². The van der Waals surface area contributed by atoms with Gasteiger partial charge in [-0.15, -0.1) is 0 Å². The molecule has 0 aromatic heterocycles. The van der Waals surface area contributed by atoms with Gasteiger partial charge in [-0.3, -0.25) is 14.5 Å². The summed E-state index contributed by atoms with van der Waals surface area (Å²) in [5, 5.41) is 6.44. The number of amides is 2. The minimum absolute atomic E-state index is 0.0739. The number of likely N-dealkylation sites (tertiary alicyclic amines) is 1. The van der Waals surface area contributed by atoms with Gasteiger partial charge in [-0.1, -0.05) is 61.7 Å². The maximum atomic E-state index is 12.7. The highest BCUT2D eigenvalue weighted by Crippen LogP contribution is 2.47. The molecule has 2 aromatic rings. The number of rotatable bonds is 7. The van der Waals surface area contributed by atoms with Gasteiger partial charge < -0.3 is 10.6 Å². The molecule has 34 heavy (non-hydrogen) atoms. The Kier molecular flexibility index (Phi) is 7.29. The van der Waals surface area contributed by atoms with E-state index in [-0.39, 0.29) is 23.7 Å². The van der Waals surface area contributed by atoms with Gasteiger partial charge in [0.25, 0.3) is 0 Å². The molecule has 2 aromatic carbocycles. The molecule has 2 atom stereocenters. The largest absolute Gasteiger partial charge is 0.353 e. The van der Waals surface area contributed by atoms with Gasteiger partial charge in [-0.2, -0.15) is 0 Å². The molecule has 1 aliphatic heterocycles. The number of benzene rings is 2. The summed E-state index contributed by atoms with van der Waals surface area (Å²) in [6, 6.07) is 18.9. The maximum absolute atomic E-state index is 12.7. The van der Waals surface area contributed by atoms with Gasteiger partial charge in [0.05, 0.1) is 0 Å². The lowest BCUT2D eigenvalue weighted by atomic mass is 9.92. The molecule has 0 unspecified atom stereocenters. The number of anilines is 1. The number of carbonyl (C=O) groups is 2. The van der Waals surface area contributed by atoms with E-state index in [1.807, 2.05) is 30.3 Å². The van der Waals surface area contributed by atoms with Gasteiger partial charge in [0, 0.05) is 30.1 Å². The standard InChI is InChI=1S/C29H37N3O2/c33-28(30-24-11-5-2-6-12-24)23-14-16-32(17-15-23)20-21-8-7-13-25(18-21)31-29(34)27-19-26(27)22-9-3-1-4-10-22/h1,3-4,7-10,13,18,23-24,26-27H,2,5-6,11-12,14-17,19-20H2,(H,30,33)(H,31,34)/t26-,27+/m1/s1. The molecule has 3 aliphatic rings. The smallest absolute Gasteiger partial charge is 0.228 e. The van der Waals surface area contributed by atoms with Gasteiger partial charge >= 0.3 is 0 Å². The van der Waals surface area contributed by atoms with Crippen molar-refractivity contribution in [1.29, 1.82) is 0 Å². The number of hydrogen-bond acceptors (Lipinski definition) is 3. The van der Waals surface area contributed by atoms with E-state index in [0.29, 0.717) is 12.0 Å². The molecule has 5 rings (SSSR count). The molecule has 1 saturated heterocycles. The Balaban J connectivity index is 1.08. The lowest BCUT2D eigenvalue weighted by molar-refractivity contribution is -0.127. The van der Waals surface area contributed by atoms with E-state index in [9.17, 15) is 9.59 Å². The van der Waals surface area contributed by atoms with E-state index in [0.717, 1.165) is 57.4 Å². The summed E-state index contributed by atoms with van der Waals surface area (Å²) < 4.78 is 0. The van der Waals surface area contributed by atoms with Gasteiger partial charge in [0.2, 0.25) is 11.8 Å². The first-order valence-electron chi connectivity index (χ1n) is 13.1. The van der Waals surface area contributed by atoms with Crippen molar-refractivity contribution in [2.24, 2.45) is 11.8 Å². The van der Waals surface area contributed by atoms with Crippen LogP contribution in [0, 0.1) is 11.8 Å². The fourth-order valence-corrected chi connectivity index (χ4v) is 5.71. The van der Waals surface area contributed by atoms with Gasteiger partial charge in [0.15, 0.2) is 0 Å². The van der Waals surface area contributed by atoms with Crippen molar-refractivity contribution in [2.75, 3.05) is 18.4 Å². The molecule has 3 fully saturated rings. The van der Waals surface area contributed by atoms with Crippen LogP contribution in [0.4, 0.5) is 5.69 Å². The van der Waals surface area contributed by atoms with E-state index < -0.39 is 0 Å². The monoisotopic (exact) mass is 459 g/mol. The van der Waals surface area contributed by atoms with Crippen molar-refractivity contribution in [3.05, 3.63) is 65.7 Å². The van der Waals surface area contributed by atoms with E-state index in [2.05, 4.69) is 39.8 Å². The molecule has 0 spiro atoms. The van der Waals surface area contributed by atoms with E-state index in [1.54, 1.807) is 0 Å². The average Bonchev–Trinajstić information content (AvgIpc) is 3.67. The normalized spacial score (nSPS) is 23.9. The number of piperidine rings is 1. The molecule has 1 heterocycles. The van der Waals surface area contributed by atoms with Crippen LogP contribution in [0.3, 0.4) is 0 Å². The fourth-order valence-electron chi connectivity index (χ4n) is 5.71. The SMILES string of the molecule is O=C(NC1CCCCC1)C1CCN(Cc2cccc(NC(=O)[C@H]3C[C@@H]3c3ccccc3)c2)CC1. The Bertz CT molecular complexity index is 978. The Labute approximate surface area is 203 Å². The minimum Gasteiger partial charge on any atom is -0.353 e. The number of nitrogens with zero attached hydrogens (tertiary/aromatic N) is 1. The number of carbonyl (C=O) groups excluding carboxylic acids is 2. The molecule has 180 valence electrons. The van der Waals surface area contributed by atoms with Crippen LogP contribution in [0.2, 0.25) is 0 Å². The highest BCUT2D eigenvalue weighted by molar-refractivity contribution is 5.95. The van der Waals surface area contributed by atoms with Crippen LogP contribution >= 0.6 is 0 Å². The summed E-state index contributed by atoms with van der Waals surface area (Å²) in [4.78, 5) is 27.9. The predicted octanol–water partition coefficient (Wildman–Crippen LogP) is 5.09. The third-order valence-corrected chi connectivity index (χ3v) is 7.87. The summed E-state index contributed by atoms with van der Waals surface area (Å²) >= 11 is 0. The molecular weight excluding hydrogens is 422 g/mol. The molecule has 2 amide bonds. The van der Waals surface area contributed by atoms with Gasteiger partial charge in [-0.25, -0.2) is 0 Å². The third-order valence-electron chi connectivity index (χ3n) is 7.87. The second-order valence-electron chi connectivity index (χ2n) is 10.4. The van der Waals surface area contributed by atoms with Crippen molar-refractivity contribution in [1.82, 2.24) is 10.2 Å². The van der Waals surface area contributed by atoms with Crippen LogP contribution in [0.25, 0.3) is 0 Å². The molecule has 2 N–H and O–H groups in total. The minimum atomic E-state index is 0.0739. The fraction of sp³-hybridized carbons (Fsp3) is 0.517. The zero-order valence-corrected chi connectivity index (χ0v) is 20.0. The van der Waals surface area contributed by atoms with Gasteiger partial charge in [-0.05, 0) is 74.4 Å². The topological polar surface area (TPSA) is 61.4 Å². The van der Waals surface area contributed by atoms with Gasteiger partial charge in [0.1, 0.15) is 0 Å². The lowest BCUT2D eigenvalue weighted by Crippen LogP contribution is -2.44. The lowest BCUT2D eigenvalue weighted by Gasteiger charge is -2.32. The van der Waals surface area contributed by atoms with Crippen LogP contribution in [0.15, 0.2) is 54.6 Å². The van der Waals surface area contributed by atoms with E-state index >= 15 is 0 Å². The van der Waals surface area contributed by atoms with Crippen molar-refractivity contribution >= 4 is 17.5 Å². The number of nitrogens with one attached hydrogen (secondary N) is 2. The van der Waals surface area contributed by atoms with Crippen LogP contribution in [0.1, 0.15) is 68.4 Å².